The van der Waals surface area contributed by atoms with Gasteiger partial charge in [0, 0.05) is 24.8 Å². The van der Waals surface area contributed by atoms with Crippen molar-refractivity contribution < 1.29 is 4.79 Å². The van der Waals surface area contributed by atoms with Crippen molar-refractivity contribution in [1.82, 2.24) is 10.2 Å². The Kier molecular flexibility index (Phi) is 6.48. The van der Waals surface area contributed by atoms with Gasteiger partial charge in [-0.15, -0.1) is 0 Å². The van der Waals surface area contributed by atoms with Gasteiger partial charge in [0.2, 0.25) is 5.91 Å². The van der Waals surface area contributed by atoms with E-state index in [9.17, 15) is 4.79 Å². The lowest BCUT2D eigenvalue weighted by atomic mass is 9.84. The number of benzene rings is 1. The number of hydrogen-bond acceptors (Lipinski definition) is 3. The Hall–Kier alpha value is -1.55. The number of hydrogen-bond donors (Lipinski definition) is 1. The third-order valence-corrected chi connectivity index (χ3v) is 7.61. The van der Waals surface area contributed by atoms with Crippen molar-refractivity contribution in [3.05, 3.63) is 29.8 Å². The normalized spacial score (nSPS) is 27.2. The highest BCUT2D eigenvalue weighted by molar-refractivity contribution is 5.94. The van der Waals surface area contributed by atoms with Crippen LogP contribution in [-0.4, -0.2) is 41.6 Å². The number of anilines is 1. The maximum Gasteiger partial charge on any atom is 0.247 e. The first kappa shape index (κ1) is 20.7. The fraction of sp³-hybridized carbons (Fsp3) is 0.720. The molecule has 160 valence electrons. The highest BCUT2D eigenvalue weighted by Crippen LogP contribution is 2.40. The van der Waals surface area contributed by atoms with Crippen LogP contribution in [0.4, 0.5) is 5.69 Å². The molecule has 29 heavy (non-hydrogen) atoms. The highest BCUT2D eigenvalue weighted by Gasteiger charge is 2.53. The minimum atomic E-state index is -0.375. The van der Waals surface area contributed by atoms with Crippen molar-refractivity contribution in [1.29, 1.82) is 0 Å². The molecule has 1 aliphatic carbocycles. The van der Waals surface area contributed by atoms with Crippen LogP contribution in [0.5, 0.6) is 0 Å². The summed E-state index contributed by atoms with van der Waals surface area (Å²) in [5.41, 5.74) is 2.06. The topological polar surface area (TPSA) is 35.6 Å². The number of carbonyl (C=O) groups excluding carboxylic acids is 1. The molecule has 1 spiro atoms. The van der Waals surface area contributed by atoms with Gasteiger partial charge < -0.3 is 15.1 Å². The smallest absolute Gasteiger partial charge is 0.247 e. The molecule has 4 nitrogen and oxygen atoms in total. The Labute approximate surface area is 177 Å². The fourth-order valence-electron chi connectivity index (χ4n) is 6.00. The minimum Gasteiger partial charge on any atom is -0.337 e. The van der Waals surface area contributed by atoms with Crippen molar-refractivity contribution in [2.45, 2.75) is 102 Å². The van der Waals surface area contributed by atoms with E-state index in [-0.39, 0.29) is 17.6 Å². The lowest BCUT2D eigenvalue weighted by molar-refractivity contribution is -0.125. The molecule has 0 unspecified atom stereocenters. The van der Waals surface area contributed by atoms with Gasteiger partial charge in [-0.25, -0.2) is 0 Å². The number of rotatable bonds is 2. The van der Waals surface area contributed by atoms with E-state index in [1.807, 2.05) is 0 Å². The standard InChI is InChI=1S/C25H39N3O/c1-20-11-10-14-23(19-20)28-21(2)26-24(29)25(28)15-17-27(18-16-25)22-12-8-6-4-3-5-7-9-13-22/h10-11,14,19,21-22H,3-9,12-13,15-18H2,1-2H3,(H,26,29)/t21-/m1/s1. The summed E-state index contributed by atoms with van der Waals surface area (Å²) in [6.45, 7) is 6.36. The molecule has 1 aromatic rings. The number of aryl methyl sites for hydroxylation is 1. The SMILES string of the molecule is Cc1cccc(N2[C@H](C)NC(=O)C23CCN(C2CCCCCCCCC2)CC3)c1. The second kappa shape index (κ2) is 9.07. The summed E-state index contributed by atoms with van der Waals surface area (Å²) in [7, 11) is 0. The molecule has 1 saturated carbocycles. The zero-order valence-corrected chi connectivity index (χ0v) is 18.5. The van der Waals surface area contributed by atoms with Crippen LogP contribution in [0.1, 0.15) is 83.1 Å². The number of nitrogens with zero attached hydrogens (tertiary/aromatic N) is 2. The number of amides is 1. The van der Waals surface area contributed by atoms with Crippen LogP contribution < -0.4 is 10.2 Å². The van der Waals surface area contributed by atoms with Gasteiger partial charge >= 0.3 is 0 Å². The zero-order chi connectivity index (χ0) is 20.3. The molecule has 4 rings (SSSR count). The summed E-state index contributed by atoms with van der Waals surface area (Å²) in [6.07, 6.45) is 14.4. The highest BCUT2D eigenvalue weighted by atomic mass is 16.2. The van der Waals surface area contributed by atoms with Gasteiger partial charge in [-0.05, 0) is 57.2 Å². The van der Waals surface area contributed by atoms with Gasteiger partial charge in [0.25, 0.3) is 0 Å². The second-order valence-corrected chi connectivity index (χ2v) is 9.63. The van der Waals surface area contributed by atoms with E-state index in [2.05, 4.69) is 53.2 Å². The van der Waals surface area contributed by atoms with E-state index in [4.69, 9.17) is 0 Å². The molecular formula is C25H39N3O. The molecule has 1 aromatic carbocycles. The molecular weight excluding hydrogens is 358 g/mol. The van der Waals surface area contributed by atoms with Crippen LogP contribution in [-0.2, 0) is 4.79 Å². The van der Waals surface area contributed by atoms with Crippen molar-refractivity contribution >= 4 is 11.6 Å². The van der Waals surface area contributed by atoms with Gasteiger partial charge in [0.15, 0.2) is 0 Å². The van der Waals surface area contributed by atoms with E-state index in [0.29, 0.717) is 0 Å². The van der Waals surface area contributed by atoms with Crippen LogP contribution in [0.2, 0.25) is 0 Å². The zero-order valence-electron chi connectivity index (χ0n) is 18.5. The molecule has 1 amide bonds. The predicted molar refractivity (Wildman–Crippen MR) is 120 cm³/mol. The van der Waals surface area contributed by atoms with Crippen LogP contribution in [0.15, 0.2) is 24.3 Å². The van der Waals surface area contributed by atoms with E-state index in [1.54, 1.807) is 0 Å². The molecule has 1 atom stereocenters. The summed E-state index contributed by atoms with van der Waals surface area (Å²) in [4.78, 5) is 18.2. The van der Waals surface area contributed by atoms with Gasteiger partial charge in [-0.1, -0.05) is 57.1 Å². The summed E-state index contributed by atoms with van der Waals surface area (Å²) in [6, 6.07) is 9.36. The van der Waals surface area contributed by atoms with Crippen molar-refractivity contribution in [2.24, 2.45) is 0 Å². The van der Waals surface area contributed by atoms with Crippen LogP contribution in [0.3, 0.4) is 0 Å². The second-order valence-electron chi connectivity index (χ2n) is 9.63. The predicted octanol–water partition coefficient (Wildman–Crippen LogP) is 5.00. The molecule has 2 saturated heterocycles. The monoisotopic (exact) mass is 397 g/mol. The van der Waals surface area contributed by atoms with E-state index >= 15 is 0 Å². The number of nitrogens with one attached hydrogen (secondary N) is 1. The molecule has 2 aliphatic heterocycles. The summed E-state index contributed by atoms with van der Waals surface area (Å²) in [5, 5.41) is 3.24. The van der Waals surface area contributed by atoms with Gasteiger partial charge in [0.1, 0.15) is 5.54 Å². The molecule has 0 bridgehead atoms. The van der Waals surface area contributed by atoms with Gasteiger partial charge in [0.05, 0.1) is 6.17 Å². The van der Waals surface area contributed by atoms with E-state index in [0.717, 1.165) is 32.0 Å². The van der Waals surface area contributed by atoms with E-state index in [1.165, 1.54) is 69.0 Å². The number of carbonyl (C=O) groups is 1. The van der Waals surface area contributed by atoms with Crippen LogP contribution in [0, 0.1) is 6.92 Å². The minimum absolute atomic E-state index is 0.0597. The fourth-order valence-corrected chi connectivity index (χ4v) is 6.00. The van der Waals surface area contributed by atoms with Gasteiger partial charge in [-0.3, -0.25) is 4.79 Å². The van der Waals surface area contributed by atoms with Gasteiger partial charge in [-0.2, -0.15) is 0 Å². The molecule has 1 N–H and O–H groups in total. The quantitative estimate of drug-likeness (QED) is 0.762. The molecule has 2 heterocycles. The molecule has 3 aliphatic rings. The number of likely N-dealkylation sites (tertiary alicyclic amines) is 1. The molecule has 4 heteroatoms. The van der Waals surface area contributed by atoms with Crippen molar-refractivity contribution in [2.75, 3.05) is 18.0 Å². The van der Waals surface area contributed by atoms with E-state index < -0.39 is 0 Å². The Balaban J connectivity index is 1.47. The van der Waals surface area contributed by atoms with Crippen molar-refractivity contribution in [3.63, 3.8) is 0 Å². The lowest BCUT2D eigenvalue weighted by Crippen LogP contribution is -2.58. The Morgan fingerprint density at radius 2 is 1.59 bits per heavy atom. The number of piperidine rings is 1. The first-order valence-electron chi connectivity index (χ1n) is 12.0. The average Bonchev–Trinajstić information content (AvgIpc) is 2.96. The van der Waals surface area contributed by atoms with Crippen LogP contribution in [0.25, 0.3) is 0 Å². The molecule has 0 aromatic heterocycles. The first-order valence-corrected chi connectivity index (χ1v) is 12.0. The maximum atomic E-state index is 13.1. The molecule has 0 radical (unpaired) electrons. The maximum absolute atomic E-state index is 13.1. The third kappa shape index (κ3) is 4.33. The van der Waals surface area contributed by atoms with Crippen molar-refractivity contribution in [3.8, 4) is 0 Å². The Bertz CT molecular complexity index is 685. The summed E-state index contributed by atoms with van der Waals surface area (Å²) >= 11 is 0. The van der Waals surface area contributed by atoms with Crippen LogP contribution >= 0.6 is 0 Å². The first-order chi connectivity index (χ1) is 14.1. The average molecular weight is 398 g/mol. The summed E-state index contributed by atoms with van der Waals surface area (Å²) in [5.74, 6) is 0.233. The Morgan fingerprint density at radius 3 is 2.21 bits per heavy atom. The Morgan fingerprint density at radius 1 is 0.966 bits per heavy atom. The lowest BCUT2D eigenvalue weighted by Gasteiger charge is -2.46. The third-order valence-electron chi connectivity index (χ3n) is 7.61. The largest absolute Gasteiger partial charge is 0.337 e. The summed E-state index contributed by atoms with van der Waals surface area (Å²) < 4.78 is 0. The molecule has 3 fully saturated rings.